The number of carbonyl (C=O) groups is 2. The number of amides is 1. The Morgan fingerprint density at radius 2 is 1.76 bits per heavy atom. The van der Waals surface area contributed by atoms with Crippen molar-refractivity contribution in [3.8, 4) is 0 Å². The molecule has 116 valence electrons. The van der Waals surface area contributed by atoms with E-state index in [9.17, 15) is 14.7 Å². The standard InChI is InChI=1S/C16H24N2O3/c1-5-12-13(16(20)21)8-9-15(17-11(4)19)14(12)10-18(6-2)7-3/h8-9H,5-7,10H2,1-4H3,(H,17,19)(H,20,21). The van der Waals surface area contributed by atoms with Crippen LogP contribution in [0.15, 0.2) is 12.1 Å². The Hall–Kier alpha value is -1.88. The molecule has 0 saturated carbocycles. The maximum absolute atomic E-state index is 11.4. The first kappa shape index (κ1) is 17.2. The van der Waals surface area contributed by atoms with Gasteiger partial charge in [-0.25, -0.2) is 4.79 Å². The zero-order valence-electron chi connectivity index (χ0n) is 13.2. The van der Waals surface area contributed by atoms with E-state index in [0.29, 0.717) is 24.2 Å². The number of carbonyl (C=O) groups excluding carboxylic acids is 1. The van der Waals surface area contributed by atoms with Crippen molar-refractivity contribution in [1.82, 2.24) is 4.90 Å². The van der Waals surface area contributed by atoms with E-state index in [1.165, 1.54) is 6.92 Å². The van der Waals surface area contributed by atoms with E-state index >= 15 is 0 Å². The third-order valence-electron chi connectivity index (χ3n) is 3.60. The quantitative estimate of drug-likeness (QED) is 0.810. The Bertz CT molecular complexity index is 522. The molecule has 0 aliphatic heterocycles. The first-order chi connectivity index (χ1) is 9.94. The molecule has 0 aliphatic carbocycles. The Balaban J connectivity index is 3.38. The number of rotatable bonds is 7. The lowest BCUT2D eigenvalue weighted by molar-refractivity contribution is -0.114. The maximum atomic E-state index is 11.4. The van der Waals surface area contributed by atoms with Gasteiger partial charge in [0.25, 0.3) is 0 Å². The Morgan fingerprint density at radius 1 is 1.14 bits per heavy atom. The lowest BCUT2D eigenvalue weighted by Gasteiger charge is -2.23. The average molecular weight is 292 g/mol. The van der Waals surface area contributed by atoms with Gasteiger partial charge in [0.2, 0.25) is 5.91 Å². The fourth-order valence-electron chi connectivity index (χ4n) is 2.46. The van der Waals surface area contributed by atoms with Gasteiger partial charge in [0, 0.05) is 19.2 Å². The molecule has 0 heterocycles. The summed E-state index contributed by atoms with van der Waals surface area (Å²) in [7, 11) is 0. The van der Waals surface area contributed by atoms with E-state index in [2.05, 4.69) is 24.1 Å². The highest BCUT2D eigenvalue weighted by molar-refractivity contribution is 5.94. The molecule has 5 heteroatoms. The summed E-state index contributed by atoms with van der Waals surface area (Å²) < 4.78 is 0. The molecule has 1 aromatic rings. The monoisotopic (exact) mass is 292 g/mol. The van der Waals surface area contributed by atoms with Crippen LogP contribution in [0.1, 0.15) is 49.2 Å². The topological polar surface area (TPSA) is 69.6 Å². The van der Waals surface area contributed by atoms with Crippen molar-refractivity contribution in [2.24, 2.45) is 0 Å². The second-order valence-electron chi connectivity index (χ2n) is 4.92. The average Bonchev–Trinajstić information content (AvgIpc) is 2.44. The van der Waals surface area contributed by atoms with E-state index in [4.69, 9.17) is 0 Å². The van der Waals surface area contributed by atoms with Gasteiger partial charge >= 0.3 is 5.97 Å². The third kappa shape index (κ3) is 4.29. The van der Waals surface area contributed by atoms with Crippen molar-refractivity contribution in [3.05, 3.63) is 28.8 Å². The number of hydrogen-bond acceptors (Lipinski definition) is 3. The first-order valence-corrected chi connectivity index (χ1v) is 7.32. The zero-order valence-corrected chi connectivity index (χ0v) is 13.2. The molecule has 0 aromatic heterocycles. The number of aromatic carboxylic acids is 1. The van der Waals surface area contributed by atoms with Crippen molar-refractivity contribution >= 4 is 17.6 Å². The van der Waals surface area contributed by atoms with Gasteiger partial charge in [0.15, 0.2) is 0 Å². The van der Waals surface area contributed by atoms with Gasteiger partial charge in [-0.05, 0) is 42.8 Å². The summed E-state index contributed by atoms with van der Waals surface area (Å²) in [5.41, 5.74) is 2.71. The molecule has 0 fully saturated rings. The number of hydrogen-bond donors (Lipinski definition) is 2. The predicted octanol–water partition coefficient (Wildman–Crippen LogP) is 2.75. The SMILES string of the molecule is CCc1c(C(=O)O)ccc(NC(C)=O)c1CN(CC)CC. The van der Waals surface area contributed by atoms with Gasteiger partial charge in [-0.15, -0.1) is 0 Å². The summed E-state index contributed by atoms with van der Waals surface area (Å²) in [6, 6.07) is 3.25. The van der Waals surface area contributed by atoms with Crippen molar-refractivity contribution in [2.75, 3.05) is 18.4 Å². The van der Waals surface area contributed by atoms with Gasteiger partial charge < -0.3 is 10.4 Å². The summed E-state index contributed by atoms with van der Waals surface area (Å²) >= 11 is 0. The number of carboxylic acids is 1. The van der Waals surface area contributed by atoms with Crippen LogP contribution in [0.25, 0.3) is 0 Å². The molecule has 5 nitrogen and oxygen atoms in total. The van der Waals surface area contributed by atoms with Gasteiger partial charge in [0.1, 0.15) is 0 Å². The van der Waals surface area contributed by atoms with Gasteiger partial charge in [-0.1, -0.05) is 20.8 Å². The molecule has 0 saturated heterocycles. The summed E-state index contributed by atoms with van der Waals surface area (Å²) in [5, 5.41) is 12.2. The van der Waals surface area contributed by atoms with E-state index in [0.717, 1.165) is 24.2 Å². The third-order valence-corrected chi connectivity index (χ3v) is 3.60. The van der Waals surface area contributed by atoms with Crippen LogP contribution in [-0.4, -0.2) is 35.0 Å². The van der Waals surface area contributed by atoms with E-state index < -0.39 is 5.97 Å². The highest BCUT2D eigenvalue weighted by atomic mass is 16.4. The first-order valence-electron chi connectivity index (χ1n) is 7.32. The highest BCUT2D eigenvalue weighted by Crippen LogP contribution is 2.26. The van der Waals surface area contributed by atoms with Crippen molar-refractivity contribution in [3.63, 3.8) is 0 Å². The highest BCUT2D eigenvalue weighted by Gasteiger charge is 2.18. The lowest BCUT2D eigenvalue weighted by Crippen LogP contribution is -2.25. The van der Waals surface area contributed by atoms with E-state index in [1.54, 1.807) is 12.1 Å². The number of anilines is 1. The largest absolute Gasteiger partial charge is 0.478 e. The van der Waals surface area contributed by atoms with E-state index in [-0.39, 0.29) is 5.91 Å². The maximum Gasteiger partial charge on any atom is 0.335 e. The molecule has 1 rings (SSSR count). The normalized spacial score (nSPS) is 10.7. The van der Waals surface area contributed by atoms with Crippen LogP contribution in [-0.2, 0) is 17.8 Å². The van der Waals surface area contributed by atoms with Crippen molar-refractivity contribution in [2.45, 2.75) is 40.7 Å². The number of benzene rings is 1. The van der Waals surface area contributed by atoms with Crippen LogP contribution >= 0.6 is 0 Å². The molecule has 0 unspecified atom stereocenters. The minimum Gasteiger partial charge on any atom is -0.478 e. The van der Waals surface area contributed by atoms with Crippen LogP contribution in [0.3, 0.4) is 0 Å². The van der Waals surface area contributed by atoms with Gasteiger partial charge in [0.05, 0.1) is 5.56 Å². The molecule has 1 aromatic carbocycles. The molecule has 0 spiro atoms. The number of nitrogens with one attached hydrogen (secondary N) is 1. The van der Waals surface area contributed by atoms with Crippen LogP contribution in [0, 0.1) is 0 Å². The molecular weight excluding hydrogens is 268 g/mol. The van der Waals surface area contributed by atoms with Crippen LogP contribution in [0.4, 0.5) is 5.69 Å². The summed E-state index contributed by atoms with van der Waals surface area (Å²) in [6.45, 7) is 9.89. The Morgan fingerprint density at radius 3 is 2.19 bits per heavy atom. The summed E-state index contributed by atoms with van der Waals surface area (Å²) in [4.78, 5) is 25.0. The molecule has 2 N–H and O–H groups in total. The molecular formula is C16H24N2O3. The number of carboxylic acid groups (broad SMARTS) is 1. The van der Waals surface area contributed by atoms with Gasteiger partial charge in [-0.3, -0.25) is 9.69 Å². The second-order valence-corrected chi connectivity index (χ2v) is 4.92. The lowest BCUT2D eigenvalue weighted by atomic mass is 9.96. The van der Waals surface area contributed by atoms with Crippen LogP contribution in [0.5, 0.6) is 0 Å². The number of nitrogens with zero attached hydrogens (tertiary/aromatic N) is 1. The Kier molecular flexibility index (Phi) is 6.37. The minimum atomic E-state index is -0.929. The molecule has 0 atom stereocenters. The molecule has 0 bridgehead atoms. The fraction of sp³-hybridized carbons (Fsp3) is 0.500. The van der Waals surface area contributed by atoms with E-state index in [1.807, 2.05) is 6.92 Å². The second kappa shape index (κ2) is 7.78. The predicted molar refractivity (Wildman–Crippen MR) is 83.7 cm³/mol. The summed E-state index contributed by atoms with van der Waals surface area (Å²) in [6.07, 6.45) is 0.617. The molecule has 0 radical (unpaired) electrons. The Labute approximate surface area is 126 Å². The zero-order chi connectivity index (χ0) is 16.0. The van der Waals surface area contributed by atoms with Gasteiger partial charge in [-0.2, -0.15) is 0 Å². The van der Waals surface area contributed by atoms with Crippen LogP contribution < -0.4 is 5.32 Å². The molecule has 21 heavy (non-hydrogen) atoms. The minimum absolute atomic E-state index is 0.152. The molecule has 0 aliphatic rings. The van der Waals surface area contributed by atoms with Crippen LogP contribution in [0.2, 0.25) is 0 Å². The molecule has 1 amide bonds. The fourth-order valence-corrected chi connectivity index (χ4v) is 2.46. The smallest absolute Gasteiger partial charge is 0.335 e. The summed E-state index contributed by atoms with van der Waals surface area (Å²) in [5.74, 6) is -1.08. The van der Waals surface area contributed by atoms with Crippen molar-refractivity contribution < 1.29 is 14.7 Å². The van der Waals surface area contributed by atoms with Crippen molar-refractivity contribution in [1.29, 1.82) is 0 Å².